The minimum atomic E-state index is -0.776. The van der Waals surface area contributed by atoms with Crippen LogP contribution in [0.25, 0.3) is 0 Å². The molecule has 1 heterocycles. The van der Waals surface area contributed by atoms with Crippen molar-refractivity contribution in [2.75, 3.05) is 39.7 Å². The first-order valence-corrected chi connectivity index (χ1v) is 6.94. The summed E-state index contributed by atoms with van der Waals surface area (Å²) in [6.07, 6.45) is 1.30. The quantitative estimate of drug-likeness (QED) is 0.859. The molecule has 0 aliphatic carbocycles. The SMILES string of the molecule is COc1cc(NC(=O)C2(OC)CCNCC2)cc(OC)c1. The van der Waals surface area contributed by atoms with Crippen molar-refractivity contribution in [1.29, 1.82) is 0 Å². The summed E-state index contributed by atoms with van der Waals surface area (Å²) in [6.45, 7) is 1.53. The molecule has 1 aromatic rings. The van der Waals surface area contributed by atoms with Gasteiger partial charge in [-0.1, -0.05) is 0 Å². The topological polar surface area (TPSA) is 68.8 Å². The Hall–Kier alpha value is -1.79. The van der Waals surface area contributed by atoms with E-state index < -0.39 is 5.60 Å². The largest absolute Gasteiger partial charge is 0.497 e. The summed E-state index contributed by atoms with van der Waals surface area (Å²) in [7, 11) is 4.73. The fraction of sp³-hybridized carbons (Fsp3) is 0.533. The van der Waals surface area contributed by atoms with Crippen molar-refractivity contribution in [2.45, 2.75) is 18.4 Å². The molecule has 2 rings (SSSR count). The molecule has 1 aliphatic rings. The van der Waals surface area contributed by atoms with E-state index >= 15 is 0 Å². The second kappa shape index (κ2) is 6.78. The number of hydrogen-bond acceptors (Lipinski definition) is 5. The molecular formula is C15H22N2O4. The highest BCUT2D eigenvalue weighted by atomic mass is 16.5. The van der Waals surface area contributed by atoms with Crippen LogP contribution in [0.5, 0.6) is 11.5 Å². The lowest BCUT2D eigenvalue weighted by molar-refractivity contribution is -0.140. The normalized spacial score (nSPS) is 17.1. The highest BCUT2D eigenvalue weighted by Crippen LogP contribution is 2.28. The van der Waals surface area contributed by atoms with E-state index in [-0.39, 0.29) is 5.91 Å². The van der Waals surface area contributed by atoms with Gasteiger partial charge in [0.25, 0.3) is 5.91 Å². The van der Waals surface area contributed by atoms with Gasteiger partial charge < -0.3 is 24.8 Å². The van der Waals surface area contributed by atoms with Crippen molar-refractivity contribution in [3.8, 4) is 11.5 Å². The Kier molecular flexibility index (Phi) is 5.03. The highest BCUT2D eigenvalue weighted by molar-refractivity contribution is 5.97. The van der Waals surface area contributed by atoms with Crippen LogP contribution in [0.2, 0.25) is 0 Å². The van der Waals surface area contributed by atoms with Gasteiger partial charge in [0.15, 0.2) is 0 Å². The molecule has 0 aromatic heterocycles. The summed E-state index contributed by atoms with van der Waals surface area (Å²) in [5, 5.41) is 6.13. The number of benzene rings is 1. The molecule has 1 aromatic carbocycles. The van der Waals surface area contributed by atoms with Crippen molar-refractivity contribution in [3.63, 3.8) is 0 Å². The lowest BCUT2D eigenvalue weighted by Gasteiger charge is -2.34. The number of carbonyl (C=O) groups excluding carboxylic acids is 1. The van der Waals surface area contributed by atoms with Gasteiger partial charge in [0, 0.05) is 31.0 Å². The number of nitrogens with one attached hydrogen (secondary N) is 2. The minimum Gasteiger partial charge on any atom is -0.497 e. The third kappa shape index (κ3) is 3.46. The van der Waals surface area contributed by atoms with Gasteiger partial charge in [0.05, 0.1) is 14.2 Å². The average molecular weight is 294 g/mol. The Morgan fingerprint density at radius 2 is 1.67 bits per heavy atom. The Morgan fingerprint density at radius 3 is 2.14 bits per heavy atom. The Labute approximate surface area is 124 Å². The van der Waals surface area contributed by atoms with Gasteiger partial charge in [-0.2, -0.15) is 0 Å². The van der Waals surface area contributed by atoms with Crippen LogP contribution in [0.3, 0.4) is 0 Å². The van der Waals surface area contributed by atoms with E-state index in [0.29, 0.717) is 30.0 Å². The smallest absolute Gasteiger partial charge is 0.256 e. The van der Waals surface area contributed by atoms with Gasteiger partial charge in [-0.15, -0.1) is 0 Å². The van der Waals surface area contributed by atoms with Gasteiger partial charge in [0.1, 0.15) is 17.1 Å². The number of piperidine rings is 1. The molecular weight excluding hydrogens is 272 g/mol. The molecule has 1 saturated heterocycles. The summed E-state index contributed by atoms with van der Waals surface area (Å²) >= 11 is 0. The standard InChI is InChI=1S/C15H22N2O4/c1-19-12-8-11(9-13(10-12)20-2)17-14(18)15(21-3)4-6-16-7-5-15/h8-10,16H,4-7H2,1-3H3,(H,17,18). The molecule has 2 N–H and O–H groups in total. The van der Waals surface area contributed by atoms with Crippen molar-refractivity contribution in [3.05, 3.63) is 18.2 Å². The predicted octanol–water partition coefficient (Wildman–Crippen LogP) is 1.41. The molecule has 21 heavy (non-hydrogen) atoms. The van der Waals surface area contributed by atoms with Crippen molar-refractivity contribution in [2.24, 2.45) is 0 Å². The van der Waals surface area contributed by atoms with Gasteiger partial charge in [-0.05, 0) is 25.9 Å². The molecule has 1 fully saturated rings. The molecule has 6 nitrogen and oxygen atoms in total. The summed E-state index contributed by atoms with van der Waals surface area (Å²) < 4.78 is 15.9. The maximum atomic E-state index is 12.6. The molecule has 1 amide bonds. The van der Waals surface area contributed by atoms with Crippen molar-refractivity contribution < 1.29 is 19.0 Å². The number of hydrogen-bond donors (Lipinski definition) is 2. The fourth-order valence-corrected chi connectivity index (χ4v) is 2.48. The number of ether oxygens (including phenoxy) is 3. The zero-order chi connectivity index (χ0) is 15.3. The second-order valence-corrected chi connectivity index (χ2v) is 5.00. The molecule has 1 aliphatic heterocycles. The number of methoxy groups -OCH3 is 3. The Balaban J connectivity index is 2.18. The van der Waals surface area contributed by atoms with Crippen LogP contribution in [0.1, 0.15) is 12.8 Å². The van der Waals surface area contributed by atoms with E-state index in [1.807, 2.05) is 0 Å². The molecule has 0 atom stereocenters. The summed E-state index contributed by atoms with van der Waals surface area (Å²) in [5.74, 6) is 1.12. The molecule has 0 bridgehead atoms. The van der Waals surface area contributed by atoms with Crippen LogP contribution < -0.4 is 20.1 Å². The van der Waals surface area contributed by atoms with Gasteiger partial charge in [-0.3, -0.25) is 4.79 Å². The first-order chi connectivity index (χ1) is 10.1. The number of rotatable bonds is 5. The van der Waals surface area contributed by atoms with E-state index in [2.05, 4.69) is 10.6 Å². The molecule has 0 saturated carbocycles. The zero-order valence-corrected chi connectivity index (χ0v) is 12.7. The number of amides is 1. The van der Waals surface area contributed by atoms with Crippen LogP contribution in [0, 0.1) is 0 Å². The molecule has 116 valence electrons. The van der Waals surface area contributed by atoms with E-state index in [0.717, 1.165) is 13.1 Å². The molecule has 0 radical (unpaired) electrons. The van der Waals surface area contributed by atoms with E-state index in [1.165, 1.54) is 0 Å². The minimum absolute atomic E-state index is 0.137. The van der Waals surface area contributed by atoms with Crippen molar-refractivity contribution >= 4 is 11.6 Å². The van der Waals surface area contributed by atoms with Gasteiger partial charge in [0.2, 0.25) is 0 Å². The summed E-state index contributed by atoms with van der Waals surface area (Å²) in [4.78, 5) is 12.6. The summed E-state index contributed by atoms with van der Waals surface area (Å²) in [5.41, 5.74) is -0.146. The number of anilines is 1. The Bertz CT molecular complexity index is 476. The molecule has 0 spiro atoms. The monoisotopic (exact) mass is 294 g/mol. The molecule has 6 heteroatoms. The second-order valence-electron chi connectivity index (χ2n) is 5.00. The maximum absolute atomic E-state index is 12.6. The van der Waals surface area contributed by atoms with Crippen LogP contribution in [0.4, 0.5) is 5.69 Å². The number of carbonyl (C=O) groups is 1. The van der Waals surface area contributed by atoms with E-state index in [1.54, 1.807) is 39.5 Å². The zero-order valence-electron chi connectivity index (χ0n) is 12.7. The summed E-state index contributed by atoms with van der Waals surface area (Å²) in [6, 6.07) is 5.27. The fourth-order valence-electron chi connectivity index (χ4n) is 2.48. The molecule has 0 unspecified atom stereocenters. The third-order valence-electron chi connectivity index (χ3n) is 3.83. The van der Waals surface area contributed by atoms with E-state index in [4.69, 9.17) is 14.2 Å². The van der Waals surface area contributed by atoms with Crippen LogP contribution in [-0.2, 0) is 9.53 Å². The highest BCUT2D eigenvalue weighted by Gasteiger charge is 2.39. The Morgan fingerprint density at radius 1 is 1.10 bits per heavy atom. The van der Waals surface area contributed by atoms with Crippen LogP contribution in [0.15, 0.2) is 18.2 Å². The van der Waals surface area contributed by atoms with Crippen LogP contribution in [-0.4, -0.2) is 45.9 Å². The first-order valence-electron chi connectivity index (χ1n) is 6.94. The van der Waals surface area contributed by atoms with Gasteiger partial charge >= 0.3 is 0 Å². The van der Waals surface area contributed by atoms with E-state index in [9.17, 15) is 4.79 Å². The lowest BCUT2D eigenvalue weighted by atomic mass is 9.91. The average Bonchev–Trinajstić information content (AvgIpc) is 2.54. The van der Waals surface area contributed by atoms with Crippen molar-refractivity contribution in [1.82, 2.24) is 5.32 Å². The predicted molar refractivity (Wildman–Crippen MR) is 80.0 cm³/mol. The first kappa shape index (κ1) is 15.6. The van der Waals surface area contributed by atoms with Gasteiger partial charge in [-0.25, -0.2) is 0 Å². The third-order valence-corrected chi connectivity index (χ3v) is 3.83. The lowest BCUT2D eigenvalue weighted by Crippen LogP contribution is -2.51. The van der Waals surface area contributed by atoms with Crippen LogP contribution >= 0.6 is 0 Å². The maximum Gasteiger partial charge on any atom is 0.256 e.